The molecule has 1 aliphatic heterocycles. The molecule has 0 saturated carbocycles. The molecule has 158 valence electrons. The van der Waals surface area contributed by atoms with Gasteiger partial charge in [-0.25, -0.2) is 4.98 Å². The molecule has 0 spiro atoms. The molecule has 0 bridgehead atoms. The van der Waals surface area contributed by atoms with Gasteiger partial charge in [-0.3, -0.25) is 9.69 Å². The fraction of sp³-hybridized carbons (Fsp3) is 0.417. The van der Waals surface area contributed by atoms with Crippen LogP contribution >= 0.6 is 11.3 Å². The van der Waals surface area contributed by atoms with Crippen LogP contribution < -0.4 is 4.90 Å². The lowest BCUT2D eigenvalue weighted by Gasteiger charge is -2.20. The summed E-state index contributed by atoms with van der Waals surface area (Å²) in [5, 5.41) is 0.715. The van der Waals surface area contributed by atoms with Crippen molar-refractivity contribution in [1.82, 2.24) is 4.98 Å². The van der Waals surface area contributed by atoms with Gasteiger partial charge in [0, 0.05) is 6.61 Å². The van der Waals surface area contributed by atoms with E-state index in [9.17, 15) is 4.79 Å². The Bertz CT molecular complexity index is 981. The Labute approximate surface area is 181 Å². The lowest BCUT2D eigenvalue weighted by Crippen LogP contribution is -2.34. The van der Waals surface area contributed by atoms with E-state index in [2.05, 4.69) is 32.0 Å². The number of carbonyl (C=O) groups is 1. The van der Waals surface area contributed by atoms with Crippen molar-refractivity contribution >= 4 is 32.6 Å². The minimum atomic E-state index is -0.0815. The van der Waals surface area contributed by atoms with E-state index in [1.165, 1.54) is 5.56 Å². The Morgan fingerprint density at radius 2 is 2.07 bits per heavy atom. The highest BCUT2D eigenvalue weighted by Gasteiger charge is 2.23. The molecule has 1 amide bonds. The van der Waals surface area contributed by atoms with Crippen molar-refractivity contribution in [2.75, 3.05) is 24.7 Å². The Morgan fingerprint density at radius 3 is 2.80 bits per heavy atom. The number of ether oxygens (including phenoxy) is 2. The summed E-state index contributed by atoms with van der Waals surface area (Å²) >= 11 is 1.56. The van der Waals surface area contributed by atoms with Gasteiger partial charge < -0.3 is 9.47 Å². The summed E-state index contributed by atoms with van der Waals surface area (Å²) in [4.78, 5) is 19.8. The minimum Gasteiger partial charge on any atom is -0.376 e. The molecule has 5 nitrogen and oxygen atoms in total. The zero-order valence-corrected chi connectivity index (χ0v) is 18.4. The molecule has 1 atom stereocenters. The van der Waals surface area contributed by atoms with E-state index in [1.54, 1.807) is 16.2 Å². The highest BCUT2D eigenvalue weighted by molar-refractivity contribution is 7.22. The highest BCUT2D eigenvalue weighted by Crippen LogP contribution is 2.34. The van der Waals surface area contributed by atoms with Gasteiger partial charge in [0.2, 0.25) is 0 Å². The second-order valence-electron chi connectivity index (χ2n) is 7.96. The van der Waals surface area contributed by atoms with Gasteiger partial charge in [0.25, 0.3) is 5.91 Å². The van der Waals surface area contributed by atoms with Gasteiger partial charge in [-0.1, -0.05) is 67.6 Å². The maximum Gasteiger partial charge on any atom is 0.255 e. The van der Waals surface area contributed by atoms with Gasteiger partial charge >= 0.3 is 0 Å². The lowest BCUT2D eigenvalue weighted by molar-refractivity contribution is -0.124. The minimum absolute atomic E-state index is 0.0274. The third-order valence-corrected chi connectivity index (χ3v) is 6.37. The van der Waals surface area contributed by atoms with Crippen LogP contribution in [0.5, 0.6) is 0 Å². The first kappa shape index (κ1) is 21.0. The molecule has 1 fully saturated rings. The molecule has 2 aromatic carbocycles. The molecule has 6 heteroatoms. The smallest absolute Gasteiger partial charge is 0.255 e. The van der Waals surface area contributed by atoms with Crippen molar-refractivity contribution in [3.63, 3.8) is 0 Å². The Morgan fingerprint density at radius 1 is 1.23 bits per heavy atom. The fourth-order valence-corrected chi connectivity index (χ4v) is 4.72. The number of fused-ring (bicyclic) bond motifs is 1. The Hall–Kier alpha value is -2.28. The second-order valence-corrected chi connectivity index (χ2v) is 8.97. The largest absolute Gasteiger partial charge is 0.376 e. The zero-order chi connectivity index (χ0) is 20.9. The van der Waals surface area contributed by atoms with Crippen LogP contribution in [0.1, 0.15) is 43.7 Å². The quantitative estimate of drug-likeness (QED) is 0.502. The first-order valence-electron chi connectivity index (χ1n) is 10.5. The number of rotatable bonds is 8. The molecule has 1 unspecified atom stereocenters. The second kappa shape index (κ2) is 9.69. The molecule has 0 N–H and O–H groups in total. The van der Waals surface area contributed by atoms with Crippen LogP contribution in [0.3, 0.4) is 0 Å². The number of amides is 1. The molecule has 0 radical (unpaired) electrons. The topological polar surface area (TPSA) is 51.7 Å². The number of hydrogen-bond acceptors (Lipinski definition) is 5. The molecular formula is C24H28N2O3S. The molecule has 30 heavy (non-hydrogen) atoms. The van der Waals surface area contributed by atoms with Crippen LogP contribution in [0.4, 0.5) is 5.13 Å². The first-order chi connectivity index (χ1) is 14.6. The average Bonchev–Trinajstić information content (AvgIpc) is 3.42. The summed E-state index contributed by atoms with van der Waals surface area (Å²) in [7, 11) is 0. The van der Waals surface area contributed by atoms with Crippen molar-refractivity contribution in [2.24, 2.45) is 0 Å². The predicted molar refractivity (Wildman–Crippen MR) is 121 cm³/mol. The number of anilines is 1. The molecule has 3 aromatic rings. The number of para-hydroxylation sites is 1. The van der Waals surface area contributed by atoms with Crippen molar-refractivity contribution in [1.29, 1.82) is 0 Å². The van der Waals surface area contributed by atoms with E-state index in [0.29, 0.717) is 24.2 Å². The number of thiazole rings is 1. The summed E-state index contributed by atoms with van der Waals surface area (Å²) in [6.45, 7) is 6.08. The molecule has 1 aromatic heterocycles. The van der Waals surface area contributed by atoms with Gasteiger partial charge in [0.05, 0.1) is 29.5 Å². The van der Waals surface area contributed by atoms with Crippen LogP contribution in [0.25, 0.3) is 10.2 Å². The van der Waals surface area contributed by atoms with E-state index in [0.717, 1.165) is 35.2 Å². The number of nitrogens with zero attached hydrogens (tertiary/aromatic N) is 2. The number of benzene rings is 2. The van der Waals surface area contributed by atoms with Gasteiger partial charge in [0.1, 0.15) is 6.61 Å². The van der Waals surface area contributed by atoms with E-state index in [4.69, 9.17) is 14.5 Å². The van der Waals surface area contributed by atoms with Gasteiger partial charge in [0.15, 0.2) is 5.13 Å². The SMILES string of the molecule is CC(C)c1cccc2sc(N(Cc3ccccc3)C(=O)COCC3CCCO3)nc12. The summed E-state index contributed by atoms with van der Waals surface area (Å²) in [5.41, 5.74) is 3.25. The van der Waals surface area contributed by atoms with Crippen molar-refractivity contribution in [3.05, 3.63) is 59.7 Å². The van der Waals surface area contributed by atoms with Crippen molar-refractivity contribution in [2.45, 2.75) is 45.3 Å². The third-order valence-electron chi connectivity index (χ3n) is 5.33. The maximum absolute atomic E-state index is 13.1. The van der Waals surface area contributed by atoms with Crippen molar-refractivity contribution < 1.29 is 14.3 Å². The normalized spacial score (nSPS) is 16.4. The summed E-state index contributed by atoms with van der Waals surface area (Å²) in [6, 6.07) is 16.3. The summed E-state index contributed by atoms with van der Waals surface area (Å²) in [6.07, 6.45) is 2.17. The van der Waals surface area contributed by atoms with Crippen LogP contribution in [0, 0.1) is 0 Å². The monoisotopic (exact) mass is 424 g/mol. The van der Waals surface area contributed by atoms with Crippen LogP contribution in [0.2, 0.25) is 0 Å². The first-order valence-corrected chi connectivity index (χ1v) is 11.4. The van der Waals surface area contributed by atoms with Crippen LogP contribution in [0.15, 0.2) is 48.5 Å². The van der Waals surface area contributed by atoms with E-state index in [1.807, 2.05) is 30.3 Å². The lowest BCUT2D eigenvalue weighted by atomic mass is 10.0. The number of carbonyl (C=O) groups excluding carboxylic acids is 1. The predicted octanol–water partition coefficient (Wildman–Crippen LogP) is 5.15. The fourth-order valence-electron chi connectivity index (χ4n) is 3.70. The Balaban J connectivity index is 1.57. The summed E-state index contributed by atoms with van der Waals surface area (Å²) in [5.74, 6) is 0.290. The standard InChI is InChI=1S/C24H28N2O3S/c1-17(2)20-11-6-12-21-23(20)25-24(30-21)26(14-18-8-4-3-5-9-18)22(27)16-28-15-19-10-7-13-29-19/h3-6,8-9,11-12,17,19H,7,10,13-16H2,1-2H3. The molecule has 4 rings (SSSR count). The molecule has 0 aliphatic carbocycles. The summed E-state index contributed by atoms with van der Waals surface area (Å²) < 4.78 is 12.4. The maximum atomic E-state index is 13.1. The number of hydrogen-bond donors (Lipinski definition) is 0. The molecule has 1 aliphatic rings. The molecule has 1 saturated heterocycles. The third kappa shape index (κ3) is 4.89. The highest BCUT2D eigenvalue weighted by atomic mass is 32.1. The molecular weight excluding hydrogens is 396 g/mol. The van der Waals surface area contributed by atoms with Crippen LogP contribution in [-0.4, -0.2) is 36.8 Å². The average molecular weight is 425 g/mol. The number of aromatic nitrogens is 1. The zero-order valence-electron chi connectivity index (χ0n) is 17.5. The Kier molecular flexibility index (Phi) is 6.77. The van der Waals surface area contributed by atoms with E-state index < -0.39 is 0 Å². The van der Waals surface area contributed by atoms with Crippen LogP contribution in [-0.2, 0) is 20.8 Å². The molecule has 2 heterocycles. The van der Waals surface area contributed by atoms with E-state index >= 15 is 0 Å². The van der Waals surface area contributed by atoms with Gasteiger partial charge in [-0.2, -0.15) is 0 Å². The van der Waals surface area contributed by atoms with E-state index in [-0.39, 0.29) is 18.6 Å². The van der Waals surface area contributed by atoms with Crippen molar-refractivity contribution in [3.8, 4) is 0 Å². The van der Waals surface area contributed by atoms with Gasteiger partial charge in [-0.15, -0.1) is 0 Å². The van der Waals surface area contributed by atoms with Gasteiger partial charge in [-0.05, 0) is 36.0 Å².